The molecular weight excluding hydrogens is 302 g/mol. The molecule has 1 aromatic carbocycles. The lowest BCUT2D eigenvalue weighted by Crippen LogP contribution is -2.42. The highest BCUT2D eigenvalue weighted by Crippen LogP contribution is 2.47. The molecule has 5 heteroatoms. The van der Waals surface area contributed by atoms with E-state index < -0.39 is 0 Å². The van der Waals surface area contributed by atoms with E-state index >= 15 is 0 Å². The number of carbonyl (C=O) groups is 1. The molecule has 3 fully saturated rings. The normalized spacial score (nSPS) is 30.8. The van der Waals surface area contributed by atoms with E-state index in [9.17, 15) is 4.79 Å². The zero-order chi connectivity index (χ0) is 16.5. The van der Waals surface area contributed by atoms with Gasteiger partial charge in [-0.15, -0.1) is 0 Å². The lowest BCUT2D eigenvalue weighted by molar-refractivity contribution is 0.0739. The van der Waals surface area contributed by atoms with Crippen LogP contribution in [-0.4, -0.2) is 61.3 Å². The molecule has 5 nitrogen and oxygen atoms in total. The molecular formula is C19H27N3O2. The van der Waals surface area contributed by atoms with Gasteiger partial charge in [-0.3, -0.25) is 0 Å². The van der Waals surface area contributed by atoms with Crippen LogP contribution < -0.4 is 5.32 Å². The highest BCUT2D eigenvalue weighted by molar-refractivity contribution is 5.74. The third kappa shape index (κ3) is 3.15. The number of nitrogens with one attached hydrogen (secondary N) is 1. The maximum Gasteiger partial charge on any atom is 0.317 e. The smallest absolute Gasteiger partial charge is 0.317 e. The van der Waals surface area contributed by atoms with Gasteiger partial charge in [0.1, 0.15) is 0 Å². The van der Waals surface area contributed by atoms with Gasteiger partial charge in [-0.05, 0) is 25.5 Å². The van der Waals surface area contributed by atoms with Crippen LogP contribution in [0.5, 0.6) is 0 Å². The van der Waals surface area contributed by atoms with Crippen LogP contribution in [0.1, 0.15) is 18.4 Å². The number of ether oxygens (including phenoxy) is 1. The molecule has 3 aliphatic rings. The molecule has 4 rings (SSSR count). The van der Waals surface area contributed by atoms with Gasteiger partial charge >= 0.3 is 6.03 Å². The van der Waals surface area contributed by atoms with E-state index in [-0.39, 0.29) is 6.03 Å². The minimum Gasteiger partial charge on any atom is -0.374 e. The van der Waals surface area contributed by atoms with E-state index in [1.807, 2.05) is 11.0 Å². The van der Waals surface area contributed by atoms with Crippen molar-refractivity contribution >= 4 is 6.03 Å². The first-order valence-corrected chi connectivity index (χ1v) is 9.11. The third-order valence-electron chi connectivity index (χ3n) is 5.81. The Hall–Kier alpha value is -1.59. The number of amides is 2. The number of hydrogen-bond acceptors (Lipinski definition) is 3. The lowest BCUT2D eigenvalue weighted by Gasteiger charge is -2.21. The van der Waals surface area contributed by atoms with Crippen LogP contribution in [0.25, 0.3) is 0 Å². The quantitative estimate of drug-likeness (QED) is 0.898. The summed E-state index contributed by atoms with van der Waals surface area (Å²) < 4.78 is 5.97. The van der Waals surface area contributed by atoms with Gasteiger partial charge in [0.15, 0.2) is 0 Å². The summed E-state index contributed by atoms with van der Waals surface area (Å²) in [5.41, 5.74) is 1.30. The van der Waals surface area contributed by atoms with Crippen molar-refractivity contribution < 1.29 is 9.53 Å². The number of fused-ring (bicyclic) bond motifs is 5. The lowest BCUT2D eigenvalue weighted by atomic mass is 9.82. The van der Waals surface area contributed by atoms with Gasteiger partial charge in [0.2, 0.25) is 0 Å². The van der Waals surface area contributed by atoms with Gasteiger partial charge in [-0.1, -0.05) is 30.3 Å². The van der Waals surface area contributed by atoms with E-state index in [1.54, 1.807) is 0 Å². The molecule has 1 aromatic rings. The van der Waals surface area contributed by atoms with Crippen molar-refractivity contribution in [1.82, 2.24) is 15.1 Å². The fourth-order valence-electron chi connectivity index (χ4n) is 4.57. The van der Waals surface area contributed by atoms with Crippen LogP contribution in [0.4, 0.5) is 4.79 Å². The summed E-state index contributed by atoms with van der Waals surface area (Å²) in [7, 11) is 2.09. The van der Waals surface area contributed by atoms with Gasteiger partial charge in [-0.2, -0.15) is 0 Å². The van der Waals surface area contributed by atoms with Crippen LogP contribution in [0.3, 0.4) is 0 Å². The second-order valence-electron chi connectivity index (χ2n) is 7.48. The van der Waals surface area contributed by atoms with E-state index in [2.05, 4.69) is 41.5 Å². The van der Waals surface area contributed by atoms with Crippen LogP contribution in [0.2, 0.25) is 0 Å². The van der Waals surface area contributed by atoms with Gasteiger partial charge in [-0.25, -0.2) is 4.79 Å². The van der Waals surface area contributed by atoms with Gasteiger partial charge in [0, 0.05) is 44.6 Å². The number of likely N-dealkylation sites (N-methyl/N-ethyl adjacent to an activating group) is 1. The average Bonchev–Trinajstić information content (AvgIpc) is 3.28. The monoisotopic (exact) mass is 329 g/mol. The number of hydrogen-bond donors (Lipinski definition) is 1. The molecule has 0 unspecified atom stereocenters. The maximum atomic E-state index is 12.4. The second-order valence-corrected chi connectivity index (χ2v) is 7.48. The number of rotatable bonds is 5. The summed E-state index contributed by atoms with van der Waals surface area (Å²) in [6.07, 6.45) is 3.20. The van der Waals surface area contributed by atoms with E-state index in [1.165, 1.54) is 18.4 Å². The zero-order valence-corrected chi connectivity index (χ0v) is 14.4. The first-order chi connectivity index (χ1) is 11.7. The number of urea groups is 1. The zero-order valence-electron chi connectivity index (χ0n) is 14.4. The Morgan fingerprint density at radius 1 is 1.21 bits per heavy atom. The summed E-state index contributed by atoms with van der Waals surface area (Å²) in [6.45, 7) is 4.20. The van der Waals surface area contributed by atoms with Crippen LogP contribution in [0, 0.1) is 11.8 Å². The topological polar surface area (TPSA) is 44.8 Å². The van der Waals surface area contributed by atoms with Crippen molar-refractivity contribution in [2.45, 2.75) is 31.6 Å². The van der Waals surface area contributed by atoms with E-state index in [0.29, 0.717) is 30.6 Å². The van der Waals surface area contributed by atoms with Crippen LogP contribution in [-0.2, 0) is 11.3 Å². The van der Waals surface area contributed by atoms with Gasteiger partial charge < -0.3 is 19.9 Å². The Morgan fingerprint density at radius 3 is 2.54 bits per heavy atom. The highest BCUT2D eigenvalue weighted by Gasteiger charge is 2.53. The predicted octanol–water partition coefficient (Wildman–Crippen LogP) is 1.94. The third-order valence-corrected chi connectivity index (χ3v) is 5.81. The molecule has 24 heavy (non-hydrogen) atoms. The molecule has 3 aliphatic heterocycles. The van der Waals surface area contributed by atoms with Crippen LogP contribution in [0.15, 0.2) is 30.3 Å². The molecule has 0 spiro atoms. The first kappa shape index (κ1) is 15.9. The molecule has 0 saturated carbocycles. The summed E-state index contributed by atoms with van der Waals surface area (Å²) in [5.74, 6) is 1.16. The SMILES string of the molecule is CN(CCNC(=O)N1C[C@@H]2[C@H](C1)[C@H]1CC[C@H]2O1)Cc1ccccc1. The minimum absolute atomic E-state index is 0.0944. The average molecular weight is 329 g/mol. The molecule has 2 bridgehead atoms. The van der Waals surface area contributed by atoms with Crippen molar-refractivity contribution in [1.29, 1.82) is 0 Å². The maximum absolute atomic E-state index is 12.4. The fraction of sp³-hybridized carbons (Fsp3) is 0.632. The van der Waals surface area contributed by atoms with Gasteiger partial charge in [0.05, 0.1) is 12.2 Å². The van der Waals surface area contributed by atoms with E-state index in [4.69, 9.17) is 4.74 Å². The van der Waals surface area contributed by atoms with Gasteiger partial charge in [0.25, 0.3) is 0 Å². The number of nitrogens with zero attached hydrogens (tertiary/aromatic N) is 2. The summed E-state index contributed by atoms with van der Waals surface area (Å²) in [5, 5.41) is 3.09. The largest absolute Gasteiger partial charge is 0.374 e. The van der Waals surface area contributed by atoms with Crippen LogP contribution >= 0.6 is 0 Å². The first-order valence-electron chi connectivity index (χ1n) is 9.11. The highest BCUT2D eigenvalue weighted by atomic mass is 16.5. The Bertz CT molecular complexity index is 561. The Labute approximate surface area is 144 Å². The second kappa shape index (κ2) is 6.73. The van der Waals surface area contributed by atoms with Crippen molar-refractivity contribution in [2.75, 3.05) is 33.2 Å². The molecule has 3 heterocycles. The molecule has 3 saturated heterocycles. The summed E-state index contributed by atoms with van der Waals surface area (Å²) in [4.78, 5) is 16.6. The van der Waals surface area contributed by atoms with Crippen molar-refractivity contribution in [2.24, 2.45) is 11.8 Å². The Morgan fingerprint density at radius 2 is 1.88 bits per heavy atom. The fourth-order valence-corrected chi connectivity index (χ4v) is 4.57. The van der Waals surface area contributed by atoms with Crippen molar-refractivity contribution in [3.05, 3.63) is 35.9 Å². The molecule has 0 aromatic heterocycles. The molecule has 130 valence electrons. The number of likely N-dealkylation sites (tertiary alicyclic amines) is 1. The molecule has 1 N–H and O–H groups in total. The molecule has 4 atom stereocenters. The molecule has 2 amide bonds. The Balaban J connectivity index is 1.19. The predicted molar refractivity (Wildman–Crippen MR) is 92.6 cm³/mol. The number of benzene rings is 1. The standard InChI is InChI=1S/C19H27N3O2/c1-21(11-14-5-3-2-4-6-14)10-9-20-19(23)22-12-15-16(13-22)18-8-7-17(15)24-18/h2-6,15-18H,7-13H2,1H3,(H,20,23)/t15-,16+,17-,18-/m1/s1. The Kier molecular flexibility index (Phi) is 4.46. The minimum atomic E-state index is 0.0944. The summed E-state index contributed by atoms with van der Waals surface area (Å²) >= 11 is 0. The van der Waals surface area contributed by atoms with Crippen molar-refractivity contribution in [3.63, 3.8) is 0 Å². The summed E-state index contributed by atoms with van der Waals surface area (Å²) in [6, 6.07) is 10.5. The molecule has 0 radical (unpaired) electrons. The van der Waals surface area contributed by atoms with Crippen molar-refractivity contribution in [3.8, 4) is 0 Å². The number of carbonyl (C=O) groups excluding carboxylic acids is 1. The van der Waals surface area contributed by atoms with E-state index in [0.717, 1.165) is 26.2 Å². The molecule has 0 aliphatic carbocycles.